The van der Waals surface area contributed by atoms with E-state index in [1.54, 1.807) is 0 Å². The van der Waals surface area contributed by atoms with Gasteiger partial charge in [0.15, 0.2) is 0 Å². The molecule has 0 atom stereocenters. The van der Waals surface area contributed by atoms with E-state index >= 15 is 0 Å². The van der Waals surface area contributed by atoms with Crippen LogP contribution in [0.15, 0.2) is 28.6 Å². The van der Waals surface area contributed by atoms with Gasteiger partial charge in [-0.15, -0.1) is 0 Å². The molecule has 1 nitrogen and oxygen atoms in total. The molecule has 0 bridgehead atoms. The number of nitrogens with zero attached hydrogens (tertiary/aromatic N) is 1. The van der Waals surface area contributed by atoms with Crippen molar-refractivity contribution in [3.63, 3.8) is 0 Å². The highest BCUT2D eigenvalue weighted by Gasteiger charge is 2.29. The Balaban J connectivity index is 3.00. The summed E-state index contributed by atoms with van der Waals surface area (Å²) < 4.78 is 39.2. The van der Waals surface area contributed by atoms with Crippen LogP contribution in [0.25, 0.3) is 0 Å². The Bertz CT molecular complexity index is 278. The lowest BCUT2D eigenvalue weighted by molar-refractivity contribution is -0.137. The molecule has 0 saturated carbocycles. The highest BCUT2D eigenvalue weighted by Crippen LogP contribution is 2.30. The Kier molecular flexibility index (Phi) is 2.42. The summed E-state index contributed by atoms with van der Waals surface area (Å²) in [5.74, 6) is 0. The van der Waals surface area contributed by atoms with Crippen LogP contribution in [0.1, 0.15) is 5.56 Å². The molecule has 0 aliphatic heterocycles. The molecule has 1 rings (SSSR count). The largest absolute Gasteiger partial charge is 0.416 e. The molecular weight excluding hydrogens is 187 g/mol. The minimum absolute atomic E-state index is 0.359. The maximum absolute atomic E-state index is 12.0. The second kappa shape index (κ2) is 3.18. The maximum atomic E-state index is 12.0. The number of rotatable bonds is 1. The van der Waals surface area contributed by atoms with Crippen LogP contribution in [0, 0.1) is 0 Å². The molecule has 5 heteroatoms. The summed E-state index contributed by atoms with van der Waals surface area (Å²) >= 11 is 4.30. The molecule has 0 N–H and O–H groups in total. The molecule has 12 heavy (non-hydrogen) atoms. The van der Waals surface area contributed by atoms with E-state index in [-0.39, 0.29) is 0 Å². The van der Waals surface area contributed by atoms with Gasteiger partial charge in [-0.3, -0.25) is 0 Å². The first kappa shape index (κ1) is 9.12. The van der Waals surface area contributed by atoms with Crippen molar-refractivity contribution in [1.29, 1.82) is 0 Å². The van der Waals surface area contributed by atoms with Crippen LogP contribution in [0.4, 0.5) is 18.9 Å². The predicted molar refractivity (Wildman–Crippen MR) is 40.9 cm³/mol. The van der Waals surface area contributed by atoms with E-state index < -0.39 is 11.7 Å². The topological polar surface area (TPSA) is 12.4 Å². The van der Waals surface area contributed by atoms with E-state index in [9.17, 15) is 13.2 Å². The molecular formula is C7H4F3NS. The summed E-state index contributed by atoms with van der Waals surface area (Å²) in [6, 6.07) is 4.36. The molecule has 0 heterocycles. The summed E-state index contributed by atoms with van der Waals surface area (Å²) in [5, 5.41) is 0. The van der Waals surface area contributed by atoms with Gasteiger partial charge in [-0.05, 0) is 24.3 Å². The fraction of sp³-hybridized carbons (Fsp3) is 0.143. The Labute approximate surface area is 72.4 Å². The molecule has 0 fully saturated rings. The van der Waals surface area contributed by atoms with E-state index in [0.717, 1.165) is 12.1 Å². The third-order valence-electron chi connectivity index (χ3n) is 1.30. The van der Waals surface area contributed by atoms with Crippen molar-refractivity contribution < 1.29 is 13.2 Å². The van der Waals surface area contributed by atoms with Gasteiger partial charge in [0.25, 0.3) is 0 Å². The Morgan fingerprint density at radius 3 is 1.92 bits per heavy atom. The maximum Gasteiger partial charge on any atom is 0.416 e. The van der Waals surface area contributed by atoms with Crippen molar-refractivity contribution in [3.8, 4) is 0 Å². The van der Waals surface area contributed by atoms with E-state index in [0.29, 0.717) is 5.69 Å². The summed E-state index contributed by atoms with van der Waals surface area (Å²) in [4.78, 5) is 0. The highest BCUT2D eigenvalue weighted by molar-refractivity contribution is 7.47. The van der Waals surface area contributed by atoms with Crippen LogP contribution in [0.2, 0.25) is 0 Å². The summed E-state index contributed by atoms with van der Waals surface area (Å²) in [5.41, 5.74) is -0.331. The van der Waals surface area contributed by atoms with Crippen molar-refractivity contribution in [2.45, 2.75) is 6.18 Å². The van der Waals surface area contributed by atoms with Crippen molar-refractivity contribution in [2.75, 3.05) is 0 Å². The zero-order valence-corrected chi connectivity index (χ0v) is 6.62. The average Bonchev–Trinajstić information content (AvgIpc) is 2.03. The molecule has 1 aromatic carbocycles. The fourth-order valence-corrected chi connectivity index (χ4v) is 0.833. The van der Waals surface area contributed by atoms with Gasteiger partial charge in [0.05, 0.1) is 11.3 Å². The first-order valence-corrected chi connectivity index (χ1v) is 3.41. The lowest BCUT2D eigenvalue weighted by Gasteiger charge is -2.04. The number of hydrogen-bond acceptors (Lipinski definition) is 2. The summed E-state index contributed by atoms with van der Waals surface area (Å²) in [7, 11) is 0. The van der Waals surface area contributed by atoms with Gasteiger partial charge in [0.1, 0.15) is 0 Å². The standard InChI is InChI=1S/C7H4F3NS/c8-7(9,10)5-1-3-6(11-12)4-2-5/h1-4H. The zero-order chi connectivity index (χ0) is 9.19. The molecule has 0 aliphatic carbocycles. The number of alkyl halides is 3. The minimum atomic E-state index is -4.29. The van der Waals surface area contributed by atoms with Gasteiger partial charge in [-0.25, -0.2) is 0 Å². The van der Waals surface area contributed by atoms with Gasteiger partial charge in [-0.1, -0.05) is 0 Å². The minimum Gasteiger partial charge on any atom is -0.182 e. The zero-order valence-electron chi connectivity index (χ0n) is 5.80. The molecule has 64 valence electrons. The molecule has 0 unspecified atom stereocenters. The van der Waals surface area contributed by atoms with Gasteiger partial charge >= 0.3 is 6.18 Å². The van der Waals surface area contributed by atoms with Crippen molar-refractivity contribution in [1.82, 2.24) is 0 Å². The van der Waals surface area contributed by atoms with E-state index in [4.69, 9.17) is 0 Å². The number of benzene rings is 1. The number of halogens is 3. The molecule has 1 aromatic rings. The van der Waals surface area contributed by atoms with Crippen LogP contribution in [0.3, 0.4) is 0 Å². The molecule has 0 spiro atoms. The van der Waals surface area contributed by atoms with Crippen molar-refractivity contribution in [2.24, 2.45) is 4.36 Å². The van der Waals surface area contributed by atoms with Gasteiger partial charge in [-0.2, -0.15) is 17.5 Å². The van der Waals surface area contributed by atoms with Crippen LogP contribution in [0.5, 0.6) is 0 Å². The van der Waals surface area contributed by atoms with E-state index in [2.05, 4.69) is 16.8 Å². The van der Waals surface area contributed by atoms with Crippen molar-refractivity contribution in [3.05, 3.63) is 29.8 Å². The fourth-order valence-electron chi connectivity index (χ4n) is 0.711. The van der Waals surface area contributed by atoms with Crippen LogP contribution >= 0.6 is 0 Å². The van der Waals surface area contributed by atoms with Crippen LogP contribution in [-0.4, -0.2) is 0 Å². The van der Waals surface area contributed by atoms with Crippen molar-refractivity contribution >= 4 is 18.1 Å². The first-order chi connectivity index (χ1) is 5.54. The Hall–Kier alpha value is -0.970. The lowest BCUT2D eigenvalue weighted by atomic mass is 10.2. The van der Waals surface area contributed by atoms with Gasteiger partial charge < -0.3 is 0 Å². The molecule has 0 saturated heterocycles. The summed E-state index contributed by atoms with van der Waals surface area (Å²) in [6.07, 6.45) is -4.29. The van der Waals surface area contributed by atoms with Crippen LogP contribution in [-0.2, 0) is 18.6 Å². The van der Waals surface area contributed by atoms with Gasteiger partial charge in [0.2, 0.25) is 0 Å². The molecule has 0 aromatic heterocycles. The van der Waals surface area contributed by atoms with Gasteiger partial charge in [0, 0.05) is 12.4 Å². The lowest BCUT2D eigenvalue weighted by Crippen LogP contribution is -2.03. The predicted octanol–water partition coefficient (Wildman–Crippen LogP) is 3.07. The third kappa shape index (κ3) is 2.01. The first-order valence-electron chi connectivity index (χ1n) is 3.04. The molecule has 0 radical (unpaired) electrons. The highest BCUT2D eigenvalue weighted by atomic mass is 32.1. The molecule has 0 aliphatic rings. The molecule has 0 amide bonds. The smallest absolute Gasteiger partial charge is 0.182 e. The number of hydrogen-bond donors (Lipinski definition) is 0. The normalized spacial score (nSPS) is 11.2. The monoisotopic (exact) mass is 191 g/mol. The quantitative estimate of drug-likeness (QED) is 0.664. The third-order valence-corrected chi connectivity index (χ3v) is 1.51. The SMILES string of the molecule is FC(F)(F)c1ccc(N=S)cc1. The Morgan fingerprint density at radius 1 is 1.08 bits per heavy atom. The van der Waals surface area contributed by atoms with E-state index in [1.807, 2.05) is 0 Å². The average molecular weight is 191 g/mol. The Morgan fingerprint density at radius 2 is 1.58 bits per heavy atom. The van der Waals surface area contributed by atoms with Crippen LogP contribution < -0.4 is 0 Å². The second-order valence-corrected chi connectivity index (χ2v) is 2.32. The van der Waals surface area contributed by atoms with E-state index in [1.165, 1.54) is 12.1 Å². The second-order valence-electron chi connectivity index (χ2n) is 2.14. The summed E-state index contributed by atoms with van der Waals surface area (Å²) in [6.45, 7) is 0.